The lowest BCUT2D eigenvalue weighted by molar-refractivity contribution is -0.123. The van der Waals surface area contributed by atoms with Crippen LogP contribution in [0.1, 0.15) is 54.4 Å². The lowest BCUT2D eigenvalue weighted by atomic mass is 9.95. The van der Waals surface area contributed by atoms with E-state index < -0.39 is 10.8 Å². The molecule has 182 valence electrons. The fourth-order valence-corrected chi connectivity index (χ4v) is 2.66. The van der Waals surface area contributed by atoms with Gasteiger partial charge < -0.3 is 21.3 Å². The van der Waals surface area contributed by atoms with Gasteiger partial charge in [-0.25, -0.2) is 0 Å². The Morgan fingerprint density at radius 1 is 0.559 bits per heavy atom. The third kappa shape index (κ3) is 8.69. The third-order valence-electron chi connectivity index (χ3n) is 4.75. The van der Waals surface area contributed by atoms with Gasteiger partial charge in [-0.1, -0.05) is 53.7 Å². The number of rotatable bonds is 7. The summed E-state index contributed by atoms with van der Waals surface area (Å²) in [5, 5.41) is 11.1. The normalized spacial score (nSPS) is 11.4. The van der Waals surface area contributed by atoms with E-state index in [0.717, 1.165) is 0 Å². The number of hydrogen-bond donors (Lipinski definition) is 4. The highest BCUT2D eigenvalue weighted by molar-refractivity contribution is 5.99. The minimum Gasteiger partial charge on any atom is -0.326 e. The van der Waals surface area contributed by atoms with E-state index in [4.69, 9.17) is 0 Å². The largest absolute Gasteiger partial charge is 0.326 e. The van der Waals surface area contributed by atoms with Crippen LogP contribution in [0, 0.1) is 10.8 Å². The van der Waals surface area contributed by atoms with Gasteiger partial charge in [-0.3, -0.25) is 19.2 Å². The quantitative estimate of drug-likeness (QED) is 0.459. The number of anilines is 4. The standard InChI is InChI=1S/C26H34N4O4/c1-25(2,3)23(33)29-19-11-7-9-17(15-19)27-21(31)13-14-22(32)28-18-10-8-12-20(16-18)30-24(34)26(4,5)6/h7-12,15-16H,13-14H2,1-6H3,(H,27,31)(H,28,32)(H,29,33)(H,30,34). The van der Waals surface area contributed by atoms with Crippen LogP contribution in [0.15, 0.2) is 48.5 Å². The molecule has 0 aliphatic carbocycles. The van der Waals surface area contributed by atoms with Crippen LogP contribution in [0.5, 0.6) is 0 Å². The molecule has 0 spiro atoms. The summed E-state index contributed by atoms with van der Waals surface area (Å²) in [6.07, 6.45) is -0.0181. The van der Waals surface area contributed by atoms with E-state index in [-0.39, 0.29) is 36.5 Å². The summed E-state index contributed by atoms with van der Waals surface area (Å²) >= 11 is 0. The van der Waals surface area contributed by atoms with Crippen molar-refractivity contribution in [3.63, 3.8) is 0 Å². The van der Waals surface area contributed by atoms with Crippen LogP contribution in [-0.2, 0) is 19.2 Å². The smallest absolute Gasteiger partial charge is 0.229 e. The SMILES string of the molecule is CC(C)(C)C(=O)Nc1cccc(NC(=O)CCC(=O)Nc2cccc(NC(=O)C(C)(C)C)c2)c1. The van der Waals surface area contributed by atoms with Crippen molar-refractivity contribution in [3.05, 3.63) is 48.5 Å². The molecule has 2 rings (SSSR count). The first-order valence-electron chi connectivity index (χ1n) is 11.2. The molecule has 4 amide bonds. The minimum absolute atomic E-state index is 0.00907. The first-order valence-corrected chi connectivity index (χ1v) is 11.2. The Morgan fingerprint density at radius 2 is 0.853 bits per heavy atom. The monoisotopic (exact) mass is 466 g/mol. The minimum atomic E-state index is -0.537. The summed E-state index contributed by atoms with van der Waals surface area (Å²) in [5.74, 6) is -0.898. The van der Waals surface area contributed by atoms with Crippen molar-refractivity contribution in [2.75, 3.05) is 21.3 Å². The molecule has 0 aliphatic heterocycles. The number of nitrogens with one attached hydrogen (secondary N) is 4. The van der Waals surface area contributed by atoms with Crippen molar-refractivity contribution in [1.82, 2.24) is 0 Å². The Bertz CT molecular complexity index is 979. The van der Waals surface area contributed by atoms with E-state index in [1.165, 1.54) is 0 Å². The van der Waals surface area contributed by atoms with Gasteiger partial charge >= 0.3 is 0 Å². The molecule has 2 aromatic carbocycles. The predicted molar refractivity (Wildman–Crippen MR) is 136 cm³/mol. The average molecular weight is 467 g/mol. The van der Waals surface area contributed by atoms with Crippen molar-refractivity contribution in [1.29, 1.82) is 0 Å². The van der Waals surface area contributed by atoms with Crippen LogP contribution < -0.4 is 21.3 Å². The molecule has 0 radical (unpaired) electrons. The number of benzene rings is 2. The Kier molecular flexibility index (Phi) is 8.57. The highest BCUT2D eigenvalue weighted by Crippen LogP contribution is 2.21. The Balaban J connectivity index is 1.86. The fraction of sp³-hybridized carbons (Fsp3) is 0.385. The number of hydrogen-bond acceptors (Lipinski definition) is 4. The Hall–Kier alpha value is -3.68. The molecule has 2 aromatic rings. The second-order valence-corrected chi connectivity index (χ2v) is 10.2. The molecular weight excluding hydrogens is 432 g/mol. The third-order valence-corrected chi connectivity index (χ3v) is 4.75. The van der Waals surface area contributed by atoms with Crippen molar-refractivity contribution in [2.45, 2.75) is 54.4 Å². The van der Waals surface area contributed by atoms with Crippen molar-refractivity contribution < 1.29 is 19.2 Å². The number of carbonyl (C=O) groups excluding carboxylic acids is 4. The topological polar surface area (TPSA) is 116 Å². The molecule has 8 heteroatoms. The van der Waals surface area contributed by atoms with Gasteiger partial charge in [-0.2, -0.15) is 0 Å². The van der Waals surface area contributed by atoms with E-state index >= 15 is 0 Å². The van der Waals surface area contributed by atoms with E-state index in [2.05, 4.69) is 21.3 Å². The molecule has 0 unspecified atom stereocenters. The predicted octanol–water partition coefficient (Wildman–Crippen LogP) is 5.01. The van der Waals surface area contributed by atoms with Crippen molar-refractivity contribution in [2.24, 2.45) is 10.8 Å². The summed E-state index contributed by atoms with van der Waals surface area (Å²) in [5.41, 5.74) is 1.14. The zero-order valence-corrected chi connectivity index (χ0v) is 20.7. The van der Waals surface area contributed by atoms with Crippen LogP contribution in [-0.4, -0.2) is 23.6 Å². The molecule has 8 nitrogen and oxygen atoms in total. The van der Waals surface area contributed by atoms with Gasteiger partial charge in [-0.15, -0.1) is 0 Å². The Labute approximate surface area is 200 Å². The molecule has 34 heavy (non-hydrogen) atoms. The van der Waals surface area contributed by atoms with Crippen LogP contribution in [0.25, 0.3) is 0 Å². The van der Waals surface area contributed by atoms with Gasteiger partial charge in [0, 0.05) is 46.4 Å². The highest BCUT2D eigenvalue weighted by Gasteiger charge is 2.22. The van der Waals surface area contributed by atoms with E-state index in [1.807, 2.05) is 41.5 Å². The van der Waals surface area contributed by atoms with Gasteiger partial charge in [0.2, 0.25) is 23.6 Å². The zero-order chi connectivity index (χ0) is 25.5. The van der Waals surface area contributed by atoms with Crippen molar-refractivity contribution in [3.8, 4) is 0 Å². The highest BCUT2D eigenvalue weighted by atomic mass is 16.2. The van der Waals surface area contributed by atoms with Crippen LogP contribution in [0.2, 0.25) is 0 Å². The van der Waals surface area contributed by atoms with Gasteiger partial charge in [0.05, 0.1) is 0 Å². The van der Waals surface area contributed by atoms with E-state index in [9.17, 15) is 19.2 Å². The molecule has 4 N–H and O–H groups in total. The maximum atomic E-state index is 12.3. The summed E-state index contributed by atoms with van der Waals surface area (Å²) < 4.78 is 0. The molecule has 0 fully saturated rings. The number of carbonyl (C=O) groups is 4. The Morgan fingerprint density at radius 3 is 1.15 bits per heavy atom. The zero-order valence-electron chi connectivity index (χ0n) is 20.7. The maximum Gasteiger partial charge on any atom is 0.229 e. The molecule has 0 heterocycles. The summed E-state index contributed by atoms with van der Waals surface area (Å²) in [6.45, 7) is 10.9. The second-order valence-electron chi connectivity index (χ2n) is 10.2. The maximum absolute atomic E-state index is 12.3. The molecule has 0 bridgehead atoms. The second kappa shape index (κ2) is 11.0. The van der Waals surface area contributed by atoms with Crippen LogP contribution in [0.3, 0.4) is 0 Å². The van der Waals surface area contributed by atoms with Crippen LogP contribution in [0.4, 0.5) is 22.7 Å². The number of amides is 4. The summed E-state index contributed by atoms with van der Waals surface area (Å²) in [7, 11) is 0. The molecule has 0 atom stereocenters. The van der Waals surface area contributed by atoms with Gasteiger partial charge in [0.1, 0.15) is 0 Å². The lowest BCUT2D eigenvalue weighted by Crippen LogP contribution is -2.27. The van der Waals surface area contributed by atoms with E-state index in [1.54, 1.807) is 48.5 Å². The lowest BCUT2D eigenvalue weighted by Gasteiger charge is -2.18. The average Bonchev–Trinajstić information content (AvgIpc) is 2.71. The molecular formula is C26H34N4O4. The van der Waals surface area contributed by atoms with Gasteiger partial charge in [0.25, 0.3) is 0 Å². The van der Waals surface area contributed by atoms with Crippen LogP contribution >= 0.6 is 0 Å². The molecule has 0 aromatic heterocycles. The van der Waals surface area contributed by atoms with Crippen molar-refractivity contribution >= 4 is 46.4 Å². The molecule has 0 aliphatic rings. The molecule has 0 saturated heterocycles. The fourth-order valence-electron chi connectivity index (χ4n) is 2.66. The summed E-state index contributed by atoms with van der Waals surface area (Å²) in [6, 6.07) is 13.7. The van der Waals surface area contributed by atoms with Gasteiger partial charge in [0.15, 0.2) is 0 Å². The first-order chi connectivity index (χ1) is 15.7. The van der Waals surface area contributed by atoms with Gasteiger partial charge in [-0.05, 0) is 36.4 Å². The first kappa shape index (κ1) is 26.6. The molecule has 0 saturated carbocycles. The van der Waals surface area contributed by atoms with E-state index in [0.29, 0.717) is 22.7 Å². The summed E-state index contributed by atoms with van der Waals surface area (Å²) in [4.78, 5) is 48.9.